The van der Waals surface area contributed by atoms with Gasteiger partial charge in [0.05, 0.1) is 25.5 Å². The molecule has 0 saturated carbocycles. The van der Waals surface area contributed by atoms with E-state index in [-0.39, 0.29) is 5.91 Å². The van der Waals surface area contributed by atoms with Gasteiger partial charge in [0.15, 0.2) is 0 Å². The highest BCUT2D eigenvalue weighted by atomic mass is 16.5. The first-order valence-corrected chi connectivity index (χ1v) is 11.0. The lowest BCUT2D eigenvalue weighted by Crippen LogP contribution is -2.36. The Kier molecular flexibility index (Phi) is 6.12. The molecule has 1 aliphatic heterocycles. The van der Waals surface area contributed by atoms with Gasteiger partial charge in [-0.3, -0.25) is 14.8 Å². The minimum Gasteiger partial charge on any atom is -0.378 e. The van der Waals surface area contributed by atoms with Crippen molar-refractivity contribution in [3.05, 3.63) is 103 Å². The molecular formula is C26H25N5O2. The molecule has 1 saturated heterocycles. The average Bonchev–Trinajstić information content (AvgIpc) is 3.44. The molecule has 4 heterocycles. The fourth-order valence-corrected chi connectivity index (χ4v) is 3.94. The summed E-state index contributed by atoms with van der Waals surface area (Å²) < 4.78 is 7.41. The van der Waals surface area contributed by atoms with Crippen LogP contribution in [0.25, 0.3) is 5.69 Å². The summed E-state index contributed by atoms with van der Waals surface area (Å²) in [5, 5.41) is 0. The zero-order chi connectivity index (χ0) is 22.5. The summed E-state index contributed by atoms with van der Waals surface area (Å²) in [7, 11) is 0. The van der Waals surface area contributed by atoms with Crippen LogP contribution in [-0.4, -0.2) is 46.7 Å². The van der Waals surface area contributed by atoms with Crippen molar-refractivity contribution in [2.75, 3.05) is 36.1 Å². The lowest BCUT2D eigenvalue weighted by atomic mass is 10.2. The number of hydrogen-bond acceptors (Lipinski definition) is 5. The van der Waals surface area contributed by atoms with Crippen LogP contribution < -0.4 is 9.80 Å². The first kappa shape index (κ1) is 20.9. The molecular weight excluding hydrogens is 414 g/mol. The van der Waals surface area contributed by atoms with Crippen molar-refractivity contribution in [3.63, 3.8) is 0 Å². The molecule has 0 radical (unpaired) electrons. The molecule has 4 aromatic rings. The van der Waals surface area contributed by atoms with E-state index in [1.54, 1.807) is 17.3 Å². The standard InChI is InChI=1S/C26H25N5O2/c32-26(25-19-24(10-12-28-25)29-13-3-4-14-29)31(20-21-5-1-2-11-27-21)23-8-6-22(7-9-23)30-15-17-33-18-16-30/h1-14,19H,15-18,20H2. The smallest absolute Gasteiger partial charge is 0.277 e. The van der Waals surface area contributed by atoms with E-state index in [0.717, 1.165) is 49.1 Å². The van der Waals surface area contributed by atoms with Crippen molar-refractivity contribution in [1.29, 1.82) is 0 Å². The fourth-order valence-electron chi connectivity index (χ4n) is 3.94. The number of carbonyl (C=O) groups is 1. The van der Waals surface area contributed by atoms with Gasteiger partial charge in [0.1, 0.15) is 5.69 Å². The summed E-state index contributed by atoms with van der Waals surface area (Å²) in [6, 6.07) is 21.4. The number of amides is 1. The van der Waals surface area contributed by atoms with Gasteiger partial charge >= 0.3 is 0 Å². The highest BCUT2D eigenvalue weighted by Crippen LogP contribution is 2.24. The number of anilines is 2. The van der Waals surface area contributed by atoms with E-state index in [1.807, 2.05) is 71.6 Å². The Morgan fingerprint density at radius 1 is 0.879 bits per heavy atom. The third-order valence-electron chi connectivity index (χ3n) is 5.69. The number of carbonyl (C=O) groups excluding carboxylic acids is 1. The van der Waals surface area contributed by atoms with Crippen LogP contribution in [0.3, 0.4) is 0 Å². The topological polar surface area (TPSA) is 63.5 Å². The molecule has 1 aromatic carbocycles. The van der Waals surface area contributed by atoms with Gasteiger partial charge in [0.2, 0.25) is 0 Å². The molecule has 0 atom stereocenters. The van der Waals surface area contributed by atoms with Crippen LogP contribution in [0.1, 0.15) is 16.2 Å². The number of hydrogen-bond donors (Lipinski definition) is 0. The van der Waals surface area contributed by atoms with E-state index in [4.69, 9.17) is 4.74 Å². The van der Waals surface area contributed by atoms with E-state index in [1.165, 1.54) is 0 Å². The number of morpholine rings is 1. The Morgan fingerprint density at radius 2 is 1.67 bits per heavy atom. The van der Waals surface area contributed by atoms with E-state index in [0.29, 0.717) is 12.2 Å². The molecule has 3 aromatic heterocycles. The zero-order valence-corrected chi connectivity index (χ0v) is 18.2. The van der Waals surface area contributed by atoms with Gasteiger partial charge in [0.25, 0.3) is 5.91 Å². The van der Waals surface area contributed by atoms with Crippen LogP contribution >= 0.6 is 0 Å². The van der Waals surface area contributed by atoms with Gasteiger partial charge in [-0.2, -0.15) is 0 Å². The molecule has 7 nitrogen and oxygen atoms in total. The molecule has 0 bridgehead atoms. The Labute approximate surface area is 192 Å². The number of rotatable bonds is 6. The summed E-state index contributed by atoms with van der Waals surface area (Å²) >= 11 is 0. The molecule has 166 valence electrons. The van der Waals surface area contributed by atoms with Crippen LogP contribution in [0.2, 0.25) is 0 Å². The minimum absolute atomic E-state index is 0.172. The first-order valence-electron chi connectivity index (χ1n) is 11.0. The van der Waals surface area contributed by atoms with Gasteiger partial charge in [-0.25, -0.2) is 0 Å². The molecule has 1 aliphatic rings. The summed E-state index contributed by atoms with van der Waals surface area (Å²) in [5.41, 5.74) is 4.01. The maximum atomic E-state index is 13.7. The second kappa shape index (κ2) is 9.67. The van der Waals surface area contributed by atoms with Crippen molar-refractivity contribution in [3.8, 4) is 5.69 Å². The van der Waals surface area contributed by atoms with Gasteiger partial charge in [0, 0.05) is 54.9 Å². The molecule has 5 rings (SSSR count). The van der Waals surface area contributed by atoms with Gasteiger partial charge in [-0.1, -0.05) is 6.07 Å². The average molecular weight is 440 g/mol. The quantitative estimate of drug-likeness (QED) is 0.455. The molecule has 7 heteroatoms. The summed E-state index contributed by atoms with van der Waals surface area (Å²) in [4.78, 5) is 26.5. The second-order valence-corrected chi connectivity index (χ2v) is 7.82. The van der Waals surface area contributed by atoms with Crippen LogP contribution in [0, 0.1) is 0 Å². The molecule has 0 N–H and O–H groups in total. The van der Waals surface area contributed by atoms with Gasteiger partial charge in [-0.05, 0) is 60.7 Å². The molecule has 1 amide bonds. The summed E-state index contributed by atoms with van der Waals surface area (Å²) in [5.74, 6) is -0.172. The van der Waals surface area contributed by atoms with Crippen molar-refractivity contribution in [1.82, 2.24) is 14.5 Å². The van der Waals surface area contributed by atoms with Gasteiger partial charge < -0.3 is 19.1 Å². The Balaban J connectivity index is 1.45. The lowest BCUT2D eigenvalue weighted by molar-refractivity contribution is 0.0980. The predicted molar refractivity (Wildman–Crippen MR) is 128 cm³/mol. The zero-order valence-electron chi connectivity index (χ0n) is 18.2. The maximum absolute atomic E-state index is 13.7. The Hall–Kier alpha value is -3.97. The third kappa shape index (κ3) is 4.78. The van der Waals surface area contributed by atoms with Crippen molar-refractivity contribution >= 4 is 17.3 Å². The van der Waals surface area contributed by atoms with E-state index in [2.05, 4.69) is 27.0 Å². The number of aromatic nitrogens is 3. The van der Waals surface area contributed by atoms with Crippen LogP contribution in [-0.2, 0) is 11.3 Å². The summed E-state index contributed by atoms with van der Waals surface area (Å²) in [6.45, 7) is 3.55. The van der Waals surface area contributed by atoms with E-state index in [9.17, 15) is 4.79 Å². The monoisotopic (exact) mass is 439 g/mol. The van der Waals surface area contributed by atoms with E-state index >= 15 is 0 Å². The normalized spacial score (nSPS) is 13.6. The SMILES string of the molecule is O=C(c1cc(-n2cccc2)ccn1)N(Cc1ccccn1)c1ccc(N2CCOCC2)cc1. The number of benzene rings is 1. The minimum atomic E-state index is -0.172. The highest BCUT2D eigenvalue weighted by molar-refractivity contribution is 6.05. The largest absolute Gasteiger partial charge is 0.378 e. The van der Waals surface area contributed by atoms with Crippen molar-refractivity contribution < 1.29 is 9.53 Å². The molecule has 33 heavy (non-hydrogen) atoms. The predicted octanol–water partition coefficient (Wildman–Crippen LogP) is 3.95. The van der Waals surface area contributed by atoms with Gasteiger partial charge in [-0.15, -0.1) is 0 Å². The van der Waals surface area contributed by atoms with Crippen LogP contribution in [0.15, 0.2) is 91.5 Å². The Bertz CT molecular complexity index is 1190. The van der Waals surface area contributed by atoms with Crippen molar-refractivity contribution in [2.45, 2.75) is 6.54 Å². The lowest BCUT2D eigenvalue weighted by Gasteiger charge is -2.29. The van der Waals surface area contributed by atoms with Crippen LogP contribution in [0.5, 0.6) is 0 Å². The summed E-state index contributed by atoms with van der Waals surface area (Å²) in [6.07, 6.45) is 7.30. The van der Waals surface area contributed by atoms with E-state index < -0.39 is 0 Å². The fraction of sp³-hybridized carbons (Fsp3) is 0.192. The van der Waals surface area contributed by atoms with Crippen molar-refractivity contribution in [2.24, 2.45) is 0 Å². The Morgan fingerprint density at radius 3 is 2.39 bits per heavy atom. The van der Waals surface area contributed by atoms with Crippen LogP contribution in [0.4, 0.5) is 11.4 Å². The molecule has 1 fully saturated rings. The second-order valence-electron chi connectivity index (χ2n) is 7.82. The molecule has 0 unspecified atom stereocenters. The molecule has 0 spiro atoms. The first-order chi connectivity index (χ1) is 16.3. The third-order valence-corrected chi connectivity index (χ3v) is 5.69. The number of pyridine rings is 2. The number of nitrogens with zero attached hydrogens (tertiary/aromatic N) is 5. The maximum Gasteiger partial charge on any atom is 0.277 e. The number of ether oxygens (including phenoxy) is 1. The highest BCUT2D eigenvalue weighted by Gasteiger charge is 2.21. The molecule has 0 aliphatic carbocycles.